The smallest absolute Gasteiger partial charge is 0.197 e. The van der Waals surface area contributed by atoms with Gasteiger partial charge in [0.2, 0.25) is 0 Å². The topological polar surface area (TPSA) is 177 Å². The van der Waals surface area contributed by atoms with E-state index in [9.17, 15) is 9.59 Å². The Balaban J connectivity index is -0.00000000857. The summed E-state index contributed by atoms with van der Waals surface area (Å²) in [5.41, 5.74) is 0. The Morgan fingerprint density at radius 2 is 1.07 bits per heavy atom. The Labute approximate surface area is 106 Å². The maximum absolute atomic E-state index is 10.2. The Hall–Kier alpha value is 0.309. The standard InChI is InChI=1S/C5H8O2.5O.2V/c1-3-5(7)4(2)6;;;;;;;/h3H2,1-2H3;;;;;;;/q;5*-2;;. The molecule has 0 aromatic carbocycles. The molecule has 9 heteroatoms. The third-order valence-corrected chi connectivity index (χ3v) is 0.714. The van der Waals surface area contributed by atoms with Gasteiger partial charge in [-0.1, -0.05) is 6.92 Å². The molecule has 0 spiro atoms. The summed E-state index contributed by atoms with van der Waals surface area (Å²) in [6.45, 7) is 2.95. The molecule has 0 fully saturated rings. The van der Waals surface area contributed by atoms with Gasteiger partial charge in [-0.2, -0.15) is 0 Å². The summed E-state index contributed by atoms with van der Waals surface area (Å²) in [5, 5.41) is 0. The summed E-state index contributed by atoms with van der Waals surface area (Å²) in [4.78, 5) is 20.2. The minimum absolute atomic E-state index is 0. The van der Waals surface area contributed by atoms with E-state index in [-0.39, 0.29) is 76.1 Å². The largest absolute Gasteiger partial charge is 2.00 e. The van der Waals surface area contributed by atoms with E-state index in [1.165, 1.54) is 6.92 Å². The summed E-state index contributed by atoms with van der Waals surface area (Å²) in [7, 11) is 0. The van der Waals surface area contributed by atoms with Crippen molar-refractivity contribution in [2.45, 2.75) is 20.3 Å². The Morgan fingerprint density at radius 1 is 0.857 bits per heavy atom. The van der Waals surface area contributed by atoms with Gasteiger partial charge in [0, 0.05) is 50.5 Å². The molecule has 0 unspecified atom stereocenters. The van der Waals surface area contributed by atoms with E-state index in [4.69, 9.17) is 0 Å². The van der Waals surface area contributed by atoms with Crippen molar-refractivity contribution in [2.75, 3.05) is 0 Å². The molecule has 0 saturated heterocycles. The first-order chi connectivity index (χ1) is 3.18. The van der Waals surface area contributed by atoms with Crippen LogP contribution < -0.4 is 0 Å². The molecule has 7 nitrogen and oxygen atoms in total. The van der Waals surface area contributed by atoms with Crippen molar-refractivity contribution in [3.63, 3.8) is 0 Å². The van der Waals surface area contributed by atoms with Crippen molar-refractivity contribution < 1.29 is 74.1 Å². The van der Waals surface area contributed by atoms with Gasteiger partial charge in [0.05, 0.1) is 0 Å². The molecular weight excluding hydrogens is 274 g/mol. The van der Waals surface area contributed by atoms with Gasteiger partial charge in [-0.15, -0.1) is 0 Å². The van der Waals surface area contributed by atoms with Gasteiger partial charge in [0.15, 0.2) is 11.6 Å². The van der Waals surface area contributed by atoms with Gasteiger partial charge in [0.25, 0.3) is 0 Å². The normalized spacial score (nSPS) is 4.14. The fourth-order valence-corrected chi connectivity index (χ4v) is 0.249. The van der Waals surface area contributed by atoms with Crippen molar-refractivity contribution in [1.29, 1.82) is 0 Å². The zero-order valence-electron chi connectivity index (χ0n) is 7.46. The van der Waals surface area contributed by atoms with Crippen molar-refractivity contribution in [3.05, 3.63) is 0 Å². The SMILES string of the molecule is CCC(=O)C(C)=O.[O-2].[O-2].[O-2].[O-2].[O-2].[V].[V]. The van der Waals surface area contributed by atoms with Gasteiger partial charge in [-0.3, -0.25) is 9.59 Å². The average Bonchev–Trinajstić information content (AvgIpc) is 1.65. The molecule has 0 rings (SSSR count). The number of rotatable bonds is 2. The quantitative estimate of drug-likeness (QED) is 0.645. The van der Waals surface area contributed by atoms with Crippen molar-refractivity contribution >= 4 is 11.6 Å². The zero-order valence-corrected chi connectivity index (χ0v) is 10.3. The number of hydrogen-bond acceptors (Lipinski definition) is 2. The van der Waals surface area contributed by atoms with E-state index in [2.05, 4.69) is 0 Å². The van der Waals surface area contributed by atoms with Gasteiger partial charge in [-0.25, -0.2) is 0 Å². The van der Waals surface area contributed by atoms with Gasteiger partial charge in [-0.05, 0) is 0 Å². The maximum Gasteiger partial charge on any atom is 0.197 e. The second-order valence-electron chi connectivity index (χ2n) is 1.33. The van der Waals surface area contributed by atoms with E-state index in [0.717, 1.165) is 0 Å². The van der Waals surface area contributed by atoms with Crippen LogP contribution in [0.15, 0.2) is 0 Å². The van der Waals surface area contributed by atoms with Crippen LogP contribution in [0.25, 0.3) is 0 Å². The molecule has 0 atom stereocenters. The van der Waals surface area contributed by atoms with E-state index < -0.39 is 0 Å². The van der Waals surface area contributed by atoms with Crippen LogP contribution in [-0.2, 0) is 74.1 Å². The van der Waals surface area contributed by atoms with Crippen LogP contribution in [0.5, 0.6) is 0 Å². The molecule has 14 heavy (non-hydrogen) atoms. The van der Waals surface area contributed by atoms with Gasteiger partial charge >= 0.3 is 0 Å². The van der Waals surface area contributed by atoms with E-state index >= 15 is 0 Å². The van der Waals surface area contributed by atoms with Crippen LogP contribution >= 0.6 is 0 Å². The second-order valence-corrected chi connectivity index (χ2v) is 1.33. The number of Topliss-reactive ketones (excluding diaryl/α,β-unsaturated/α-hetero) is 2. The molecule has 2 radical (unpaired) electrons. The average molecular weight is 282 g/mol. The molecular formula is C5H8O7V2-10. The number of hydrogen-bond donors (Lipinski definition) is 0. The molecule has 0 N–H and O–H groups in total. The second kappa shape index (κ2) is 37.7. The molecule has 0 heterocycles. The third-order valence-electron chi connectivity index (χ3n) is 0.714. The first-order valence-electron chi connectivity index (χ1n) is 2.22. The number of carbonyl (C=O) groups is 2. The predicted octanol–water partition coefficient (Wildman–Crippen LogP) is -0.0445. The monoisotopic (exact) mass is 282 g/mol. The first kappa shape index (κ1) is 63.7. The van der Waals surface area contributed by atoms with Crippen LogP contribution in [-0.4, -0.2) is 11.6 Å². The number of carbonyl (C=O) groups excluding carboxylic acids is 2. The molecule has 0 saturated carbocycles. The minimum Gasteiger partial charge on any atom is -2.00 e. The molecule has 0 aromatic rings. The van der Waals surface area contributed by atoms with Crippen LogP contribution in [0, 0.1) is 0 Å². The fraction of sp³-hybridized carbons (Fsp3) is 0.600. The Morgan fingerprint density at radius 3 is 1.07 bits per heavy atom. The molecule has 0 aliphatic carbocycles. The van der Waals surface area contributed by atoms with Crippen LogP contribution in [0.1, 0.15) is 20.3 Å². The summed E-state index contributed by atoms with van der Waals surface area (Å²) >= 11 is 0. The zero-order chi connectivity index (χ0) is 5.86. The van der Waals surface area contributed by atoms with Gasteiger partial charge < -0.3 is 27.4 Å². The molecule has 0 aliphatic rings. The van der Waals surface area contributed by atoms with E-state index in [1.54, 1.807) is 6.92 Å². The predicted molar refractivity (Wildman–Crippen MR) is 29.4 cm³/mol. The van der Waals surface area contributed by atoms with Crippen LogP contribution in [0.3, 0.4) is 0 Å². The van der Waals surface area contributed by atoms with Crippen molar-refractivity contribution in [2.24, 2.45) is 0 Å². The summed E-state index contributed by atoms with van der Waals surface area (Å²) in [6.07, 6.45) is 0.329. The van der Waals surface area contributed by atoms with Gasteiger partial charge in [0.1, 0.15) is 0 Å². The van der Waals surface area contributed by atoms with E-state index in [1.807, 2.05) is 0 Å². The Kier molecular flexibility index (Phi) is 172. The van der Waals surface area contributed by atoms with Crippen LogP contribution in [0.4, 0.5) is 0 Å². The molecule has 0 bridgehead atoms. The summed E-state index contributed by atoms with van der Waals surface area (Å²) in [5.74, 6) is -0.637. The van der Waals surface area contributed by atoms with Crippen molar-refractivity contribution in [3.8, 4) is 0 Å². The molecule has 0 amide bonds. The van der Waals surface area contributed by atoms with Crippen molar-refractivity contribution in [1.82, 2.24) is 0 Å². The van der Waals surface area contributed by atoms with E-state index in [0.29, 0.717) is 6.42 Å². The fourth-order valence-electron chi connectivity index (χ4n) is 0.249. The minimum atomic E-state index is -0.345. The first-order valence-corrected chi connectivity index (χ1v) is 2.22. The van der Waals surface area contributed by atoms with Crippen LogP contribution in [0.2, 0.25) is 0 Å². The third kappa shape index (κ3) is 39.6. The summed E-state index contributed by atoms with van der Waals surface area (Å²) in [6, 6.07) is 0. The maximum atomic E-state index is 10.2. The molecule has 0 aromatic heterocycles. The molecule has 90 valence electrons. The number of ketones is 2. The molecule has 0 aliphatic heterocycles. The Bertz CT molecular complexity index is 108. The summed E-state index contributed by atoms with van der Waals surface area (Å²) < 4.78 is 0.